The van der Waals surface area contributed by atoms with Crippen LogP contribution in [0.2, 0.25) is 5.02 Å². The summed E-state index contributed by atoms with van der Waals surface area (Å²) in [5.41, 5.74) is 9.20. The lowest BCUT2D eigenvalue weighted by molar-refractivity contribution is -0.148. The van der Waals surface area contributed by atoms with Crippen LogP contribution in [0.15, 0.2) is 103 Å². The number of carbonyl (C=O) groups excluding carboxylic acids is 3. The molecular formula is C36H33ClN4O3. The number of hydrogen-bond donors (Lipinski definition) is 1. The molecular weight excluding hydrogens is 572 g/mol. The summed E-state index contributed by atoms with van der Waals surface area (Å²) >= 11 is 6.41. The molecule has 1 fully saturated rings. The molecule has 0 spiro atoms. The molecule has 1 aliphatic rings. The summed E-state index contributed by atoms with van der Waals surface area (Å²) in [4.78, 5) is 49.4. The average molecular weight is 605 g/mol. The Hall–Kier alpha value is -4.75. The Morgan fingerprint density at radius 1 is 0.955 bits per heavy atom. The lowest BCUT2D eigenvalue weighted by Gasteiger charge is -2.36. The summed E-state index contributed by atoms with van der Waals surface area (Å²) in [5.74, 6) is -1.13. The molecule has 3 atom stereocenters. The van der Waals surface area contributed by atoms with Gasteiger partial charge in [-0.2, -0.15) is 0 Å². The predicted molar refractivity (Wildman–Crippen MR) is 173 cm³/mol. The number of nitrogens with zero attached hydrogens (tertiary/aromatic N) is 3. The van der Waals surface area contributed by atoms with Crippen molar-refractivity contribution in [2.24, 2.45) is 5.73 Å². The Morgan fingerprint density at radius 2 is 1.73 bits per heavy atom. The van der Waals surface area contributed by atoms with E-state index >= 15 is 0 Å². The van der Waals surface area contributed by atoms with Crippen molar-refractivity contribution in [2.75, 3.05) is 6.54 Å². The zero-order valence-corrected chi connectivity index (χ0v) is 25.2. The summed E-state index contributed by atoms with van der Waals surface area (Å²) in [7, 11) is 0. The zero-order valence-electron chi connectivity index (χ0n) is 24.4. The molecule has 1 aliphatic heterocycles. The van der Waals surface area contributed by atoms with Gasteiger partial charge in [-0.05, 0) is 71.1 Å². The molecule has 44 heavy (non-hydrogen) atoms. The van der Waals surface area contributed by atoms with Crippen LogP contribution in [0.5, 0.6) is 0 Å². The minimum Gasteiger partial charge on any atom is -0.368 e. The Bertz CT molecular complexity index is 1870. The monoisotopic (exact) mass is 604 g/mol. The van der Waals surface area contributed by atoms with Gasteiger partial charge >= 0.3 is 0 Å². The minimum absolute atomic E-state index is 0.106. The van der Waals surface area contributed by atoms with Gasteiger partial charge in [0.25, 0.3) is 5.91 Å². The molecule has 0 radical (unpaired) electrons. The van der Waals surface area contributed by atoms with Crippen molar-refractivity contribution in [1.82, 2.24) is 14.8 Å². The topological polar surface area (TPSA) is 96.6 Å². The van der Waals surface area contributed by atoms with Crippen molar-refractivity contribution < 1.29 is 14.4 Å². The van der Waals surface area contributed by atoms with Crippen LogP contribution in [0.4, 0.5) is 0 Å². The van der Waals surface area contributed by atoms with Gasteiger partial charge in [-0.25, -0.2) is 0 Å². The van der Waals surface area contributed by atoms with E-state index < -0.39 is 18.0 Å². The first kappa shape index (κ1) is 29.3. The second-order valence-corrected chi connectivity index (χ2v) is 11.8. The highest BCUT2D eigenvalue weighted by atomic mass is 35.5. The number of amides is 3. The van der Waals surface area contributed by atoms with Crippen molar-refractivity contribution in [3.63, 3.8) is 0 Å². The van der Waals surface area contributed by atoms with Gasteiger partial charge in [0.15, 0.2) is 0 Å². The van der Waals surface area contributed by atoms with Crippen LogP contribution in [-0.4, -0.2) is 51.1 Å². The number of halogens is 1. The molecule has 1 saturated heterocycles. The van der Waals surface area contributed by atoms with E-state index in [0.717, 1.165) is 32.8 Å². The van der Waals surface area contributed by atoms with Gasteiger partial charge in [0.05, 0.1) is 11.9 Å². The summed E-state index contributed by atoms with van der Waals surface area (Å²) in [5, 5.41) is 3.44. The third-order valence-electron chi connectivity index (χ3n) is 8.53. The molecule has 0 saturated carbocycles. The highest BCUT2D eigenvalue weighted by Crippen LogP contribution is 2.34. The smallest absolute Gasteiger partial charge is 0.250 e. The number of aromatic nitrogens is 1. The minimum atomic E-state index is -0.977. The maximum absolute atomic E-state index is 14.6. The van der Waals surface area contributed by atoms with Gasteiger partial charge < -0.3 is 15.5 Å². The second-order valence-electron chi connectivity index (χ2n) is 11.4. The number of hydrogen-bond acceptors (Lipinski definition) is 4. The normalized spacial score (nSPS) is 17.9. The van der Waals surface area contributed by atoms with Crippen LogP contribution < -0.4 is 5.73 Å². The van der Waals surface area contributed by atoms with Crippen LogP contribution in [-0.2, 0) is 27.2 Å². The van der Waals surface area contributed by atoms with Crippen molar-refractivity contribution in [2.45, 2.75) is 44.3 Å². The summed E-state index contributed by atoms with van der Waals surface area (Å²) in [6.07, 6.45) is 2.58. The van der Waals surface area contributed by atoms with Crippen LogP contribution in [0, 0.1) is 0 Å². The van der Waals surface area contributed by atoms with Gasteiger partial charge in [0, 0.05) is 35.6 Å². The lowest BCUT2D eigenvalue weighted by atomic mass is 9.96. The second kappa shape index (κ2) is 12.5. The first-order chi connectivity index (χ1) is 21.3. The van der Waals surface area contributed by atoms with Gasteiger partial charge in [-0.15, -0.1) is 0 Å². The molecule has 2 N–H and O–H groups in total. The molecule has 0 bridgehead atoms. The van der Waals surface area contributed by atoms with Crippen LogP contribution in [0.25, 0.3) is 21.7 Å². The van der Waals surface area contributed by atoms with Crippen molar-refractivity contribution >= 4 is 51.0 Å². The van der Waals surface area contributed by atoms with Gasteiger partial charge in [0.1, 0.15) is 12.1 Å². The van der Waals surface area contributed by atoms with Crippen molar-refractivity contribution in [3.05, 3.63) is 125 Å². The third kappa shape index (κ3) is 5.88. The fourth-order valence-corrected chi connectivity index (χ4v) is 6.53. The first-order valence-corrected chi connectivity index (χ1v) is 15.1. The summed E-state index contributed by atoms with van der Waals surface area (Å²) in [6, 6.07) is 28.3. The zero-order chi connectivity index (χ0) is 30.8. The maximum atomic E-state index is 14.6. The molecule has 222 valence electrons. The van der Waals surface area contributed by atoms with Crippen LogP contribution in [0.1, 0.15) is 36.1 Å². The van der Waals surface area contributed by atoms with Crippen molar-refractivity contribution in [1.29, 1.82) is 0 Å². The van der Waals surface area contributed by atoms with E-state index in [2.05, 4.69) is 4.98 Å². The molecule has 8 heteroatoms. The molecule has 4 aromatic carbocycles. The van der Waals surface area contributed by atoms with E-state index in [9.17, 15) is 14.4 Å². The van der Waals surface area contributed by atoms with Gasteiger partial charge in [-0.1, -0.05) is 78.3 Å². The van der Waals surface area contributed by atoms with E-state index in [1.165, 1.54) is 0 Å². The standard InChI is InChI=1S/C36H33ClN4O3/c1-23-16-18-40(32(35(38)43)22-26-9-4-8-25-7-2-3-13-30(25)26)36(44)34(28-10-5-12-29(37)21-28)41(23)33(42)20-24-14-15-31-27(19-24)11-6-17-39-31/h2-15,17,19,21,23,32,34H,16,18,20,22H2,1H3,(H2,38,43). The fourth-order valence-electron chi connectivity index (χ4n) is 6.33. The van der Waals surface area contributed by atoms with E-state index in [1.54, 1.807) is 40.3 Å². The molecule has 2 heterocycles. The maximum Gasteiger partial charge on any atom is 0.250 e. The Kier molecular flexibility index (Phi) is 8.31. The number of primary amides is 1. The molecule has 7 nitrogen and oxygen atoms in total. The molecule has 1 aromatic heterocycles. The number of benzene rings is 4. The fraction of sp³-hybridized carbons (Fsp3) is 0.222. The third-order valence-corrected chi connectivity index (χ3v) is 8.77. The average Bonchev–Trinajstić information content (AvgIpc) is 3.15. The number of pyridine rings is 1. The highest BCUT2D eigenvalue weighted by Gasteiger charge is 2.43. The molecule has 6 rings (SSSR count). The predicted octanol–water partition coefficient (Wildman–Crippen LogP) is 5.87. The van der Waals surface area contributed by atoms with E-state index in [4.69, 9.17) is 17.3 Å². The summed E-state index contributed by atoms with van der Waals surface area (Å²) in [6.45, 7) is 2.22. The van der Waals surface area contributed by atoms with E-state index in [1.807, 2.05) is 79.7 Å². The van der Waals surface area contributed by atoms with Crippen LogP contribution >= 0.6 is 11.6 Å². The molecule has 3 unspecified atom stereocenters. The lowest BCUT2D eigenvalue weighted by Crippen LogP contribution is -2.52. The first-order valence-electron chi connectivity index (χ1n) is 14.8. The van der Waals surface area contributed by atoms with Gasteiger partial charge in [0.2, 0.25) is 11.8 Å². The number of rotatable bonds is 7. The number of carbonyl (C=O) groups is 3. The van der Waals surface area contributed by atoms with Gasteiger partial charge in [-0.3, -0.25) is 19.4 Å². The van der Waals surface area contributed by atoms with E-state index in [-0.39, 0.29) is 37.2 Å². The quantitative estimate of drug-likeness (QED) is 0.251. The molecule has 5 aromatic rings. The summed E-state index contributed by atoms with van der Waals surface area (Å²) < 4.78 is 0. The SMILES string of the molecule is CC1CCN(C(Cc2cccc3ccccc23)C(N)=O)C(=O)C(c2cccc(Cl)c2)N1C(=O)Cc1ccc2ncccc2c1. The van der Waals surface area contributed by atoms with Crippen LogP contribution in [0.3, 0.4) is 0 Å². The highest BCUT2D eigenvalue weighted by molar-refractivity contribution is 6.30. The Morgan fingerprint density at radius 3 is 2.55 bits per heavy atom. The molecule has 3 amide bonds. The van der Waals surface area contributed by atoms with Crippen molar-refractivity contribution in [3.8, 4) is 0 Å². The Labute approximate surface area is 261 Å². The largest absolute Gasteiger partial charge is 0.368 e. The molecule has 0 aliphatic carbocycles. The number of nitrogens with two attached hydrogens (primary N) is 1. The number of fused-ring (bicyclic) bond motifs is 2. The van der Waals surface area contributed by atoms with E-state index in [0.29, 0.717) is 17.0 Å². The Balaban J connectivity index is 1.37.